The largest absolute Gasteiger partial charge is 0.456 e. The van der Waals surface area contributed by atoms with Gasteiger partial charge in [-0.05, 0) is 101 Å². The minimum Gasteiger partial charge on any atom is -0.456 e. The van der Waals surface area contributed by atoms with Gasteiger partial charge in [0.1, 0.15) is 11.2 Å². The van der Waals surface area contributed by atoms with Crippen molar-refractivity contribution in [3.63, 3.8) is 0 Å². The number of hydrogen-bond acceptors (Lipinski definition) is 3. The van der Waals surface area contributed by atoms with E-state index in [0.717, 1.165) is 38.5 Å². The average Bonchev–Trinajstić information content (AvgIpc) is 3.34. The number of furan rings is 1. The second-order valence-corrected chi connectivity index (χ2v) is 11.7. The molecule has 6 aromatic carbocycles. The van der Waals surface area contributed by atoms with Crippen LogP contribution in [0.5, 0.6) is 0 Å². The quantitative estimate of drug-likeness (QED) is 0.182. The highest BCUT2D eigenvalue weighted by atomic mass is 16.5. The highest BCUT2D eigenvalue weighted by Gasteiger charge is 2.36. The molecule has 0 bridgehead atoms. The molecule has 1 N–H and O–H groups in total. The first-order valence-electron chi connectivity index (χ1n) is 13.7. The number of hydrogen-bond donors (Lipinski definition) is 1. The predicted molar refractivity (Wildman–Crippen MR) is 169 cm³/mol. The van der Waals surface area contributed by atoms with Crippen LogP contribution in [0.3, 0.4) is 0 Å². The Labute approximate surface area is 234 Å². The van der Waals surface area contributed by atoms with E-state index in [1.807, 2.05) is 32.0 Å². The molecular formula is C36H30BO3. The molecule has 0 spiro atoms. The highest BCUT2D eigenvalue weighted by molar-refractivity contribution is 6.52. The van der Waals surface area contributed by atoms with Crippen molar-refractivity contribution in [1.29, 1.82) is 0 Å². The van der Waals surface area contributed by atoms with Crippen LogP contribution in [0.1, 0.15) is 27.7 Å². The van der Waals surface area contributed by atoms with Crippen LogP contribution in [-0.2, 0) is 4.65 Å². The van der Waals surface area contributed by atoms with Crippen molar-refractivity contribution < 1.29 is 14.2 Å². The van der Waals surface area contributed by atoms with Crippen molar-refractivity contribution in [3.05, 3.63) is 103 Å². The summed E-state index contributed by atoms with van der Waals surface area (Å²) in [5.74, 6) is 0. The van der Waals surface area contributed by atoms with Crippen molar-refractivity contribution in [2.75, 3.05) is 0 Å². The minimum atomic E-state index is -1.01. The molecule has 7 rings (SSSR count). The lowest BCUT2D eigenvalue weighted by Crippen LogP contribution is -2.49. The molecule has 0 unspecified atom stereocenters. The molecule has 195 valence electrons. The fraction of sp³-hybridized carbons (Fsp3) is 0.167. The van der Waals surface area contributed by atoms with Crippen LogP contribution in [0.4, 0.5) is 0 Å². The number of rotatable bonds is 5. The molecule has 1 heterocycles. The van der Waals surface area contributed by atoms with Crippen molar-refractivity contribution in [3.8, 4) is 11.1 Å². The van der Waals surface area contributed by atoms with Gasteiger partial charge in [-0.1, -0.05) is 78.9 Å². The summed E-state index contributed by atoms with van der Waals surface area (Å²) in [5, 5.41) is 20.2. The normalized spacial score (nSPS) is 12.7. The smallest absolute Gasteiger partial charge is 0.331 e. The van der Waals surface area contributed by atoms with E-state index in [0.29, 0.717) is 0 Å². The molecular weight excluding hydrogens is 491 g/mol. The molecule has 3 nitrogen and oxygen atoms in total. The zero-order valence-electron chi connectivity index (χ0n) is 23.2. The Kier molecular flexibility index (Phi) is 5.57. The molecule has 40 heavy (non-hydrogen) atoms. The van der Waals surface area contributed by atoms with Gasteiger partial charge >= 0.3 is 7.48 Å². The third kappa shape index (κ3) is 3.90. The second-order valence-electron chi connectivity index (χ2n) is 11.7. The number of benzene rings is 6. The minimum absolute atomic E-state index is 0.766. The van der Waals surface area contributed by atoms with Crippen molar-refractivity contribution in [1.82, 2.24) is 0 Å². The maximum absolute atomic E-state index is 10.6. The fourth-order valence-electron chi connectivity index (χ4n) is 5.57. The summed E-state index contributed by atoms with van der Waals surface area (Å²) >= 11 is 0. The van der Waals surface area contributed by atoms with Gasteiger partial charge in [-0.25, -0.2) is 0 Å². The molecule has 1 aromatic heterocycles. The van der Waals surface area contributed by atoms with Gasteiger partial charge in [-0.3, -0.25) is 0 Å². The van der Waals surface area contributed by atoms with Gasteiger partial charge in [-0.2, -0.15) is 0 Å². The monoisotopic (exact) mass is 521 g/mol. The molecule has 0 aliphatic carbocycles. The van der Waals surface area contributed by atoms with E-state index in [1.165, 1.54) is 32.3 Å². The number of fused-ring (bicyclic) bond motifs is 9. The van der Waals surface area contributed by atoms with E-state index in [2.05, 4.69) is 84.9 Å². The summed E-state index contributed by atoms with van der Waals surface area (Å²) in [7, 11) is 1.75. The molecule has 0 saturated heterocycles. The van der Waals surface area contributed by atoms with Gasteiger partial charge in [0.15, 0.2) is 0 Å². The lowest BCUT2D eigenvalue weighted by Gasteiger charge is -2.37. The van der Waals surface area contributed by atoms with E-state index in [9.17, 15) is 5.11 Å². The second kappa shape index (κ2) is 8.95. The maximum Gasteiger partial charge on any atom is 0.331 e. The lowest BCUT2D eigenvalue weighted by atomic mass is 9.80. The molecule has 0 fully saturated rings. The van der Waals surface area contributed by atoms with Gasteiger partial charge in [0.25, 0.3) is 0 Å². The zero-order valence-corrected chi connectivity index (χ0v) is 23.2. The molecule has 4 heteroatoms. The van der Waals surface area contributed by atoms with E-state index in [-0.39, 0.29) is 0 Å². The predicted octanol–water partition coefficient (Wildman–Crippen LogP) is 8.52. The molecule has 1 radical (unpaired) electrons. The first-order valence-corrected chi connectivity index (χ1v) is 13.7. The molecule has 0 aliphatic rings. The summed E-state index contributed by atoms with van der Waals surface area (Å²) in [6, 6.07) is 36.5. The van der Waals surface area contributed by atoms with Crippen molar-refractivity contribution in [2.45, 2.75) is 38.9 Å². The van der Waals surface area contributed by atoms with E-state index >= 15 is 0 Å². The molecule has 0 saturated carbocycles. The van der Waals surface area contributed by atoms with E-state index < -0.39 is 11.2 Å². The number of aliphatic hydroxyl groups is 1. The lowest BCUT2D eigenvalue weighted by molar-refractivity contribution is -0.0893. The molecule has 0 atom stereocenters. The Morgan fingerprint density at radius 3 is 1.75 bits per heavy atom. The van der Waals surface area contributed by atoms with Crippen molar-refractivity contribution in [2.24, 2.45) is 0 Å². The zero-order chi connectivity index (χ0) is 27.6. The Bertz CT molecular complexity index is 2040. The van der Waals surface area contributed by atoms with Crippen LogP contribution in [0.15, 0.2) is 108 Å². The average molecular weight is 521 g/mol. The highest BCUT2D eigenvalue weighted by Crippen LogP contribution is 2.38. The third-order valence-electron chi connectivity index (χ3n) is 8.56. The van der Waals surface area contributed by atoms with Gasteiger partial charge in [0, 0.05) is 10.8 Å². The standard InChI is InChI=1S/C36H30BO3/c1-35(2,38)36(3,4)40-37-31-14-9-15-33-34(31)30-21-23(17-19-32(30)39-33)22-16-18-28-26-12-6-5-10-24(26)25-11-7-8-13-27(25)29(28)20-22/h5-21,38H,1-4H3. The van der Waals surface area contributed by atoms with Crippen molar-refractivity contribution >= 4 is 67.2 Å². The van der Waals surface area contributed by atoms with E-state index in [4.69, 9.17) is 9.07 Å². The molecule has 0 amide bonds. The van der Waals surface area contributed by atoms with Gasteiger partial charge < -0.3 is 14.2 Å². The Morgan fingerprint density at radius 1 is 0.575 bits per heavy atom. The third-order valence-corrected chi connectivity index (χ3v) is 8.56. The van der Waals surface area contributed by atoms with Gasteiger partial charge in [0.2, 0.25) is 0 Å². The summed E-state index contributed by atoms with van der Waals surface area (Å²) in [6.07, 6.45) is 0. The van der Waals surface area contributed by atoms with Crippen LogP contribution < -0.4 is 5.46 Å². The van der Waals surface area contributed by atoms with Crippen LogP contribution in [0.25, 0.3) is 65.4 Å². The summed E-state index contributed by atoms with van der Waals surface area (Å²) in [5.41, 5.74) is 3.07. The van der Waals surface area contributed by atoms with Crippen LogP contribution in [0.2, 0.25) is 0 Å². The molecule has 7 aromatic rings. The van der Waals surface area contributed by atoms with Gasteiger partial charge in [-0.15, -0.1) is 0 Å². The molecule has 0 aliphatic heterocycles. The van der Waals surface area contributed by atoms with Crippen LogP contribution >= 0.6 is 0 Å². The topological polar surface area (TPSA) is 42.6 Å². The fourth-order valence-corrected chi connectivity index (χ4v) is 5.57. The Balaban J connectivity index is 1.38. The summed E-state index contributed by atoms with van der Waals surface area (Å²) in [4.78, 5) is 0. The van der Waals surface area contributed by atoms with Crippen LogP contribution in [0, 0.1) is 0 Å². The first-order chi connectivity index (χ1) is 19.2. The summed E-state index contributed by atoms with van der Waals surface area (Å²) in [6.45, 7) is 7.30. The SMILES string of the molecule is CC(C)(O)C(C)(C)O[B]c1cccc2oc3ccc(-c4ccc5c6ccccc6c6ccccc6c5c4)cc3c12. The van der Waals surface area contributed by atoms with E-state index in [1.54, 1.807) is 21.3 Å². The first kappa shape index (κ1) is 24.9. The van der Waals surface area contributed by atoms with Gasteiger partial charge in [0.05, 0.1) is 11.2 Å². The Morgan fingerprint density at radius 2 is 1.12 bits per heavy atom. The summed E-state index contributed by atoms with van der Waals surface area (Å²) < 4.78 is 12.4. The Hall–Kier alpha value is -4.12. The van der Waals surface area contributed by atoms with Crippen LogP contribution in [-0.4, -0.2) is 23.8 Å². The maximum atomic E-state index is 10.6.